The molecule has 0 spiro atoms. The van der Waals surface area contributed by atoms with Crippen LogP contribution in [0, 0.1) is 17.6 Å². The van der Waals surface area contributed by atoms with E-state index in [4.69, 9.17) is 4.74 Å². The van der Waals surface area contributed by atoms with Crippen molar-refractivity contribution >= 4 is 11.6 Å². The number of hydrogen-bond acceptors (Lipinski definition) is 5. The molecule has 0 saturated heterocycles. The summed E-state index contributed by atoms with van der Waals surface area (Å²) < 4.78 is 61.5. The van der Waals surface area contributed by atoms with Gasteiger partial charge < -0.3 is 10.1 Å². The molecule has 1 aliphatic rings. The molecule has 4 rings (SSSR count). The fourth-order valence-corrected chi connectivity index (χ4v) is 4.32. The zero-order chi connectivity index (χ0) is 24.5. The second-order valence-electron chi connectivity index (χ2n) is 8.34. The first-order chi connectivity index (χ1) is 16.2. The van der Waals surface area contributed by atoms with Gasteiger partial charge in [0.05, 0.1) is 24.1 Å². The summed E-state index contributed by atoms with van der Waals surface area (Å²) in [6.07, 6.45) is 3.37. The first-order valence-electron chi connectivity index (χ1n) is 10.7. The van der Waals surface area contributed by atoms with Gasteiger partial charge in [-0.3, -0.25) is 9.78 Å². The van der Waals surface area contributed by atoms with Crippen LogP contribution in [0.25, 0.3) is 11.1 Å². The highest BCUT2D eigenvalue weighted by molar-refractivity contribution is 6.06. The normalized spacial score (nSPS) is 19.5. The Morgan fingerprint density at radius 3 is 2.53 bits per heavy atom. The molecule has 1 saturated carbocycles. The summed E-state index contributed by atoms with van der Waals surface area (Å²) in [6.45, 7) is 1.69. The van der Waals surface area contributed by atoms with Crippen LogP contribution in [0.15, 0.2) is 42.9 Å². The molecule has 6 nitrogen and oxygen atoms in total. The number of halogens is 4. The van der Waals surface area contributed by atoms with Crippen molar-refractivity contribution in [2.24, 2.45) is 5.92 Å². The van der Waals surface area contributed by atoms with Crippen molar-refractivity contribution in [1.29, 1.82) is 0 Å². The molecule has 1 aliphatic carbocycles. The number of nitrogens with one attached hydrogen (secondary N) is 1. The molecule has 2 aromatic heterocycles. The van der Waals surface area contributed by atoms with Gasteiger partial charge >= 0.3 is 6.01 Å². The van der Waals surface area contributed by atoms with E-state index in [1.54, 1.807) is 6.92 Å². The number of aromatic nitrogens is 3. The third-order valence-electron chi connectivity index (χ3n) is 5.99. The summed E-state index contributed by atoms with van der Waals surface area (Å²) in [7, 11) is 1.38. The number of benzene rings is 1. The molecule has 0 aliphatic heterocycles. The number of carbonyl (C=O) groups is 1. The first-order valence-corrected chi connectivity index (χ1v) is 10.7. The molecular formula is C24H22F4N4O2. The number of amides is 1. The Hall–Kier alpha value is -3.56. The number of rotatable bonds is 5. The van der Waals surface area contributed by atoms with Gasteiger partial charge in [0.1, 0.15) is 11.6 Å². The average Bonchev–Trinajstić information content (AvgIpc) is 2.80. The SMILES string of the molecule is COc1ncc(C(=O)Nc2c(-c3cc(F)ccc3F)ccnc2[C@@H]2CCC(F)(F)C[C@H]2C)cn1. The molecule has 34 heavy (non-hydrogen) atoms. The molecular weight excluding hydrogens is 452 g/mol. The quantitative estimate of drug-likeness (QED) is 0.486. The van der Waals surface area contributed by atoms with E-state index in [9.17, 15) is 22.4 Å². The van der Waals surface area contributed by atoms with E-state index in [0.29, 0.717) is 5.69 Å². The number of ether oxygens (including phenoxy) is 1. The fraction of sp³-hybridized carbons (Fsp3) is 0.333. The van der Waals surface area contributed by atoms with E-state index in [0.717, 1.165) is 18.2 Å². The van der Waals surface area contributed by atoms with Crippen molar-refractivity contribution in [3.63, 3.8) is 0 Å². The zero-order valence-corrected chi connectivity index (χ0v) is 18.5. The second kappa shape index (κ2) is 9.36. The van der Waals surface area contributed by atoms with E-state index in [2.05, 4.69) is 20.3 Å². The van der Waals surface area contributed by atoms with E-state index < -0.39 is 35.3 Å². The zero-order valence-electron chi connectivity index (χ0n) is 18.5. The number of nitrogens with zero attached hydrogens (tertiary/aromatic N) is 3. The van der Waals surface area contributed by atoms with Crippen molar-refractivity contribution in [3.05, 3.63) is 65.7 Å². The van der Waals surface area contributed by atoms with Gasteiger partial charge in [-0.1, -0.05) is 6.92 Å². The van der Waals surface area contributed by atoms with Gasteiger partial charge in [-0.25, -0.2) is 27.5 Å². The van der Waals surface area contributed by atoms with Crippen LogP contribution in [0.3, 0.4) is 0 Å². The molecule has 0 bridgehead atoms. The van der Waals surface area contributed by atoms with Gasteiger partial charge in [0.15, 0.2) is 0 Å². The third kappa shape index (κ3) is 4.85. The van der Waals surface area contributed by atoms with Crippen LogP contribution in [0.4, 0.5) is 23.2 Å². The second-order valence-corrected chi connectivity index (χ2v) is 8.34. The number of carbonyl (C=O) groups excluding carboxylic acids is 1. The summed E-state index contributed by atoms with van der Waals surface area (Å²) in [6, 6.07) is 4.50. The van der Waals surface area contributed by atoms with Crippen molar-refractivity contribution in [2.75, 3.05) is 12.4 Å². The van der Waals surface area contributed by atoms with E-state index in [1.807, 2.05) is 0 Å². The highest BCUT2D eigenvalue weighted by Crippen LogP contribution is 2.47. The predicted molar refractivity (Wildman–Crippen MR) is 117 cm³/mol. The van der Waals surface area contributed by atoms with Gasteiger partial charge in [-0.15, -0.1) is 0 Å². The minimum absolute atomic E-state index is 0.0677. The summed E-state index contributed by atoms with van der Waals surface area (Å²) >= 11 is 0. The van der Waals surface area contributed by atoms with E-state index in [1.165, 1.54) is 31.8 Å². The van der Waals surface area contributed by atoms with Crippen LogP contribution in [0.1, 0.15) is 48.2 Å². The minimum atomic E-state index is -2.79. The summed E-state index contributed by atoms with van der Waals surface area (Å²) in [5.41, 5.74) is 0.666. The monoisotopic (exact) mass is 474 g/mol. The van der Waals surface area contributed by atoms with Gasteiger partial charge in [0.2, 0.25) is 5.92 Å². The maximum atomic E-state index is 14.7. The molecule has 1 aromatic carbocycles. The maximum absolute atomic E-state index is 14.7. The van der Waals surface area contributed by atoms with Crippen LogP contribution < -0.4 is 10.1 Å². The van der Waals surface area contributed by atoms with Crippen LogP contribution in [-0.2, 0) is 0 Å². The molecule has 1 fully saturated rings. The third-order valence-corrected chi connectivity index (χ3v) is 5.99. The van der Waals surface area contributed by atoms with Crippen molar-refractivity contribution < 1.29 is 27.1 Å². The molecule has 1 N–H and O–H groups in total. The number of pyridine rings is 1. The standard InChI is InChI=1S/C24H22F4N4O2/c1-13-10-24(27,28)7-5-16(13)20-21(32-22(33)14-11-30-23(34-2)31-12-14)17(6-8-29-20)18-9-15(25)3-4-19(18)26/h3-4,6,8-9,11-13,16H,5,7,10H2,1-2H3,(H,32,33)/t13-,16-/m1/s1. The van der Waals surface area contributed by atoms with Crippen LogP contribution in [-0.4, -0.2) is 33.9 Å². The number of alkyl halides is 2. The average molecular weight is 474 g/mol. The largest absolute Gasteiger partial charge is 0.467 e. The molecule has 1 amide bonds. The van der Waals surface area contributed by atoms with Crippen LogP contribution in [0.5, 0.6) is 6.01 Å². The topological polar surface area (TPSA) is 77.0 Å². The van der Waals surface area contributed by atoms with Crippen molar-refractivity contribution in [2.45, 2.75) is 38.0 Å². The Morgan fingerprint density at radius 2 is 1.85 bits per heavy atom. The van der Waals surface area contributed by atoms with Crippen molar-refractivity contribution in [1.82, 2.24) is 15.0 Å². The first kappa shape index (κ1) is 23.6. The van der Waals surface area contributed by atoms with Gasteiger partial charge in [-0.2, -0.15) is 0 Å². The van der Waals surface area contributed by atoms with Gasteiger partial charge in [0, 0.05) is 48.5 Å². The molecule has 3 aromatic rings. The lowest BCUT2D eigenvalue weighted by molar-refractivity contribution is -0.0558. The number of anilines is 1. The Kier molecular flexibility index (Phi) is 6.49. The summed E-state index contributed by atoms with van der Waals surface area (Å²) in [5.74, 6) is -5.65. The molecule has 2 heterocycles. The highest BCUT2D eigenvalue weighted by atomic mass is 19.3. The van der Waals surface area contributed by atoms with Crippen LogP contribution >= 0.6 is 0 Å². The number of methoxy groups -OCH3 is 1. The lowest BCUT2D eigenvalue weighted by Gasteiger charge is -2.34. The molecule has 0 radical (unpaired) electrons. The molecule has 10 heteroatoms. The molecule has 0 unspecified atom stereocenters. The molecule has 178 valence electrons. The van der Waals surface area contributed by atoms with Gasteiger partial charge in [0.25, 0.3) is 5.91 Å². The lowest BCUT2D eigenvalue weighted by Crippen LogP contribution is -2.31. The Bertz CT molecular complexity index is 1200. The lowest BCUT2D eigenvalue weighted by atomic mass is 9.75. The van der Waals surface area contributed by atoms with Crippen LogP contribution in [0.2, 0.25) is 0 Å². The van der Waals surface area contributed by atoms with Gasteiger partial charge in [-0.05, 0) is 36.6 Å². The maximum Gasteiger partial charge on any atom is 0.316 e. The highest BCUT2D eigenvalue weighted by Gasteiger charge is 2.41. The number of hydrogen-bond donors (Lipinski definition) is 1. The fourth-order valence-electron chi connectivity index (χ4n) is 4.32. The Balaban J connectivity index is 1.80. The van der Waals surface area contributed by atoms with E-state index in [-0.39, 0.29) is 47.7 Å². The molecule has 2 atom stereocenters. The summed E-state index contributed by atoms with van der Waals surface area (Å²) in [4.78, 5) is 25.2. The van der Waals surface area contributed by atoms with Crippen molar-refractivity contribution in [3.8, 4) is 17.1 Å². The minimum Gasteiger partial charge on any atom is -0.467 e. The smallest absolute Gasteiger partial charge is 0.316 e. The summed E-state index contributed by atoms with van der Waals surface area (Å²) in [5, 5.41) is 2.72. The predicted octanol–water partition coefficient (Wildman–Crippen LogP) is 5.62. The Morgan fingerprint density at radius 1 is 1.12 bits per heavy atom. The Labute approximate surface area is 193 Å². The van der Waals surface area contributed by atoms with E-state index >= 15 is 0 Å².